The lowest BCUT2D eigenvalue weighted by Gasteiger charge is -2.26. The van der Waals surface area contributed by atoms with Gasteiger partial charge in [-0.05, 0) is 73.1 Å². The summed E-state index contributed by atoms with van der Waals surface area (Å²) < 4.78 is 10.7. The van der Waals surface area contributed by atoms with Gasteiger partial charge in [-0.25, -0.2) is 0 Å². The summed E-state index contributed by atoms with van der Waals surface area (Å²) in [7, 11) is 3.43. The van der Waals surface area contributed by atoms with Gasteiger partial charge in [-0.1, -0.05) is 12.1 Å². The van der Waals surface area contributed by atoms with Gasteiger partial charge < -0.3 is 14.8 Å². The molecule has 0 saturated carbocycles. The minimum atomic E-state index is 0.548. The highest BCUT2D eigenvalue weighted by Crippen LogP contribution is 2.37. The van der Waals surface area contributed by atoms with E-state index < -0.39 is 0 Å². The van der Waals surface area contributed by atoms with Crippen molar-refractivity contribution >= 4 is 5.69 Å². The van der Waals surface area contributed by atoms with E-state index >= 15 is 0 Å². The van der Waals surface area contributed by atoms with Crippen LogP contribution in [0.25, 0.3) is 0 Å². The molecule has 0 aliphatic heterocycles. The fourth-order valence-electron chi connectivity index (χ4n) is 3.40. The van der Waals surface area contributed by atoms with Crippen molar-refractivity contribution in [1.82, 2.24) is 0 Å². The summed E-state index contributed by atoms with van der Waals surface area (Å²) in [6.07, 6.45) is 3.34. The fraction of sp³-hybridized carbons (Fsp3) is 0.350. The van der Waals surface area contributed by atoms with E-state index in [2.05, 4.69) is 48.6 Å². The third-order valence-corrected chi connectivity index (χ3v) is 4.65. The second-order valence-corrected chi connectivity index (χ2v) is 5.96. The van der Waals surface area contributed by atoms with E-state index in [4.69, 9.17) is 9.47 Å². The lowest BCUT2D eigenvalue weighted by molar-refractivity contribution is 0.413. The Morgan fingerprint density at radius 1 is 1.09 bits per heavy atom. The van der Waals surface area contributed by atoms with E-state index in [1.165, 1.54) is 16.7 Å². The van der Waals surface area contributed by atoms with Crippen molar-refractivity contribution in [3.05, 3.63) is 60.0 Å². The van der Waals surface area contributed by atoms with Gasteiger partial charge in [-0.2, -0.15) is 0 Å². The number of aryl methyl sites for hydroxylation is 1. The maximum atomic E-state index is 5.42. The molecule has 0 heterocycles. The van der Waals surface area contributed by atoms with Gasteiger partial charge in [0.1, 0.15) is 11.5 Å². The lowest BCUT2D eigenvalue weighted by Crippen LogP contribution is -2.13. The van der Waals surface area contributed by atoms with Crippen molar-refractivity contribution in [3.63, 3.8) is 0 Å². The van der Waals surface area contributed by atoms with Crippen LogP contribution < -0.4 is 14.8 Å². The highest BCUT2D eigenvalue weighted by molar-refractivity contribution is 5.59. The summed E-state index contributed by atoms with van der Waals surface area (Å²) in [5.41, 5.74) is 5.25. The zero-order chi connectivity index (χ0) is 16.2. The number of nitrogens with one attached hydrogen (secondary N) is 1. The molecular formula is C20H24NO2. The van der Waals surface area contributed by atoms with Crippen LogP contribution in [0.3, 0.4) is 0 Å². The molecule has 0 amide bonds. The van der Waals surface area contributed by atoms with Crippen molar-refractivity contribution in [3.8, 4) is 11.5 Å². The Morgan fingerprint density at radius 3 is 2.70 bits per heavy atom. The number of benzene rings is 2. The average Bonchev–Trinajstić information content (AvgIpc) is 2.61. The topological polar surface area (TPSA) is 30.5 Å². The van der Waals surface area contributed by atoms with Crippen LogP contribution in [0.5, 0.6) is 11.5 Å². The van der Waals surface area contributed by atoms with Crippen LogP contribution in [0.4, 0.5) is 5.69 Å². The Balaban J connectivity index is 1.84. The normalized spacial score (nSPS) is 16.6. The van der Waals surface area contributed by atoms with Gasteiger partial charge in [0.25, 0.3) is 0 Å². The first-order valence-corrected chi connectivity index (χ1v) is 8.12. The zero-order valence-electron chi connectivity index (χ0n) is 13.9. The highest BCUT2D eigenvalue weighted by atomic mass is 16.5. The standard InChI is InChI=1S/C20H24NO2/c1-4-21-19-13-17(8-10-20(19)23-3)14-5-6-16-12-18(22-2)9-7-15(16)11-14/h7-10,12-14,21H,1,4-6,11H2,2-3H3. The molecule has 0 fully saturated rings. The van der Waals surface area contributed by atoms with E-state index in [0.29, 0.717) is 12.5 Å². The summed E-state index contributed by atoms with van der Waals surface area (Å²) in [4.78, 5) is 0. The third kappa shape index (κ3) is 3.29. The maximum absolute atomic E-state index is 5.42. The Labute approximate surface area is 138 Å². The molecular weight excluding hydrogens is 286 g/mol. The van der Waals surface area contributed by atoms with Crippen LogP contribution in [0.15, 0.2) is 36.4 Å². The van der Waals surface area contributed by atoms with Gasteiger partial charge in [0.15, 0.2) is 0 Å². The molecule has 3 heteroatoms. The largest absolute Gasteiger partial charge is 0.497 e. The molecule has 1 aliphatic carbocycles. The Morgan fingerprint density at radius 2 is 1.96 bits per heavy atom. The molecule has 2 aromatic carbocycles. The van der Waals surface area contributed by atoms with Crippen molar-refractivity contribution < 1.29 is 9.47 Å². The second-order valence-electron chi connectivity index (χ2n) is 5.96. The SMILES string of the molecule is [CH2]CNc1cc(C2CCc3cc(OC)ccc3C2)ccc1OC. The summed E-state index contributed by atoms with van der Waals surface area (Å²) in [5.74, 6) is 2.37. The molecule has 3 nitrogen and oxygen atoms in total. The smallest absolute Gasteiger partial charge is 0.141 e. The number of hydrogen-bond donors (Lipinski definition) is 1. The van der Waals surface area contributed by atoms with E-state index in [1.54, 1.807) is 14.2 Å². The van der Waals surface area contributed by atoms with E-state index in [-0.39, 0.29) is 0 Å². The summed E-state index contributed by atoms with van der Waals surface area (Å²) >= 11 is 0. The first kappa shape index (κ1) is 15.7. The first-order valence-electron chi connectivity index (χ1n) is 8.12. The first-order chi connectivity index (χ1) is 11.2. The van der Waals surface area contributed by atoms with Crippen LogP contribution in [0.2, 0.25) is 0 Å². The highest BCUT2D eigenvalue weighted by Gasteiger charge is 2.21. The Hall–Kier alpha value is -2.16. The number of ether oxygens (including phenoxy) is 2. The maximum Gasteiger partial charge on any atom is 0.141 e. The van der Waals surface area contributed by atoms with Gasteiger partial charge in [-0.15, -0.1) is 0 Å². The number of anilines is 1. The third-order valence-electron chi connectivity index (χ3n) is 4.65. The predicted molar refractivity (Wildman–Crippen MR) is 94.6 cm³/mol. The van der Waals surface area contributed by atoms with Crippen molar-refractivity contribution in [2.24, 2.45) is 0 Å². The quantitative estimate of drug-likeness (QED) is 0.897. The minimum absolute atomic E-state index is 0.548. The monoisotopic (exact) mass is 310 g/mol. The molecule has 0 spiro atoms. The molecule has 1 atom stereocenters. The lowest BCUT2D eigenvalue weighted by atomic mass is 9.80. The summed E-state index contributed by atoms with van der Waals surface area (Å²) in [6, 6.07) is 12.9. The predicted octanol–water partition coefficient (Wildman–Crippen LogP) is 4.22. The number of rotatable bonds is 5. The van der Waals surface area contributed by atoms with Crippen LogP contribution in [-0.2, 0) is 12.8 Å². The van der Waals surface area contributed by atoms with Gasteiger partial charge in [0, 0.05) is 6.54 Å². The van der Waals surface area contributed by atoms with Gasteiger partial charge in [0.2, 0.25) is 0 Å². The van der Waals surface area contributed by atoms with E-state index in [0.717, 1.165) is 36.4 Å². The van der Waals surface area contributed by atoms with Crippen molar-refractivity contribution in [2.45, 2.75) is 25.2 Å². The minimum Gasteiger partial charge on any atom is -0.497 e. The van der Waals surface area contributed by atoms with Crippen LogP contribution >= 0.6 is 0 Å². The van der Waals surface area contributed by atoms with Gasteiger partial charge in [-0.3, -0.25) is 0 Å². The van der Waals surface area contributed by atoms with Crippen molar-refractivity contribution in [1.29, 1.82) is 0 Å². The molecule has 1 N–H and O–H groups in total. The summed E-state index contributed by atoms with van der Waals surface area (Å²) in [5, 5.41) is 3.29. The second kappa shape index (κ2) is 6.95. The molecule has 121 valence electrons. The van der Waals surface area contributed by atoms with Crippen molar-refractivity contribution in [2.75, 3.05) is 26.1 Å². The van der Waals surface area contributed by atoms with Crippen LogP contribution in [-0.4, -0.2) is 20.8 Å². The molecule has 2 aromatic rings. The number of methoxy groups -OCH3 is 2. The van der Waals surface area contributed by atoms with Gasteiger partial charge in [0.05, 0.1) is 19.9 Å². The van der Waals surface area contributed by atoms with Crippen LogP contribution in [0, 0.1) is 6.92 Å². The number of fused-ring (bicyclic) bond motifs is 1. The van der Waals surface area contributed by atoms with E-state index in [1.807, 2.05) is 0 Å². The summed E-state index contributed by atoms with van der Waals surface area (Å²) in [6.45, 7) is 4.51. The fourth-order valence-corrected chi connectivity index (χ4v) is 3.40. The molecule has 1 unspecified atom stereocenters. The molecule has 1 radical (unpaired) electrons. The molecule has 1 aliphatic rings. The van der Waals surface area contributed by atoms with Gasteiger partial charge >= 0.3 is 0 Å². The molecule has 0 aromatic heterocycles. The Bertz CT molecular complexity index is 681. The molecule has 23 heavy (non-hydrogen) atoms. The zero-order valence-corrected chi connectivity index (χ0v) is 13.9. The van der Waals surface area contributed by atoms with Crippen LogP contribution in [0.1, 0.15) is 29.0 Å². The van der Waals surface area contributed by atoms with E-state index in [9.17, 15) is 0 Å². The number of hydrogen-bond acceptors (Lipinski definition) is 3. The molecule has 0 saturated heterocycles. The molecule has 0 bridgehead atoms. The Kier molecular flexibility index (Phi) is 4.75. The average molecular weight is 310 g/mol. The molecule has 3 rings (SSSR count).